The molecule has 2 aromatic rings. The van der Waals surface area contributed by atoms with Crippen molar-refractivity contribution in [3.63, 3.8) is 0 Å². The van der Waals surface area contributed by atoms with Crippen LogP contribution in [0.3, 0.4) is 0 Å². The standard InChI is InChI=1S/C22H21Cl2N5O4/c1-2-33-22(30)18-17(14-4-6-15(23)7-5-14)19(29(31)32)21-27(9-10-28(21)20(18)25)12-13-3-8-16(24)26-11-13/h3-8,11,17H,2,9-10,12,25H2,1H3. The average molecular weight is 490 g/mol. The van der Waals surface area contributed by atoms with Crippen molar-refractivity contribution in [2.24, 2.45) is 5.73 Å². The highest BCUT2D eigenvalue weighted by Crippen LogP contribution is 2.44. The summed E-state index contributed by atoms with van der Waals surface area (Å²) in [6, 6.07) is 10.0. The summed E-state index contributed by atoms with van der Waals surface area (Å²) >= 11 is 11.9. The summed E-state index contributed by atoms with van der Waals surface area (Å²) < 4.78 is 5.23. The van der Waals surface area contributed by atoms with E-state index < -0.39 is 16.8 Å². The molecule has 2 aliphatic heterocycles. The number of pyridine rings is 1. The van der Waals surface area contributed by atoms with Gasteiger partial charge in [-0.2, -0.15) is 0 Å². The Kier molecular flexibility index (Phi) is 6.44. The molecular formula is C22H21Cl2N5O4. The predicted octanol–water partition coefficient (Wildman–Crippen LogP) is 3.48. The number of esters is 1. The maximum Gasteiger partial charge on any atom is 0.338 e. The Balaban J connectivity index is 1.86. The van der Waals surface area contributed by atoms with Crippen LogP contribution in [0.4, 0.5) is 0 Å². The summed E-state index contributed by atoms with van der Waals surface area (Å²) in [4.78, 5) is 32.5. The zero-order valence-electron chi connectivity index (χ0n) is 17.7. The van der Waals surface area contributed by atoms with Gasteiger partial charge in [-0.25, -0.2) is 9.78 Å². The Hall–Kier alpha value is -3.30. The number of hydrogen-bond donors (Lipinski definition) is 1. The second-order valence-corrected chi connectivity index (χ2v) is 8.36. The van der Waals surface area contributed by atoms with Crippen molar-refractivity contribution >= 4 is 29.2 Å². The Labute approximate surface area is 200 Å². The van der Waals surface area contributed by atoms with Crippen molar-refractivity contribution in [3.05, 3.63) is 96.9 Å². The molecule has 2 N–H and O–H groups in total. The van der Waals surface area contributed by atoms with E-state index in [0.29, 0.717) is 41.2 Å². The second-order valence-electron chi connectivity index (χ2n) is 7.53. The molecule has 1 unspecified atom stereocenters. The fraction of sp³-hybridized carbons (Fsp3) is 0.273. The van der Waals surface area contributed by atoms with Crippen molar-refractivity contribution in [2.45, 2.75) is 19.4 Å². The van der Waals surface area contributed by atoms with E-state index in [4.69, 9.17) is 33.7 Å². The normalized spacial score (nSPS) is 18.0. The van der Waals surface area contributed by atoms with Gasteiger partial charge in [0, 0.05) is 30.9 Å². The number of benzene rings is 1. The summed E-state index contributed by atoms with van der Waals surface area (Å²) in [6.45, 7) is 3.00. The van der Waals surface area contributed by atoms with Gasteiger partial charge in [-0.15, -0.1) is 0 Å². The minimum Gasteiger partial charge on any atom is -0.463 e. The third-order valence-corrected chi connectivity index (χ3v) is 6.04. The third-order valence-electron chi connectivity index (χ3n) is 5.56. The monoisotopic (exact) mass is 489 g/mol. The number of halogens is 2. The summed E-state index contributed by atoms with van der Waals surface area (Å²) in [5, 5.41) is 13.3. The molecular weight excluding hydrogens is 469 g/mol. The molecule has 1 aromatic heterocycles. The Morgan fingerprint density at radius 2 is 1.97 bits per heavy atom. The quantitative estimate of drug-likeness (QED) is 0.283. The topological polar surface area (TPSA) is 115 Å². The molecule has 33 heavy (non-hydrogen) atoms. The molecule has 0 saturated carbocycles. The highest BCUT2D eigenvalue weighted by molar-refractivity contribution is 6.30. The van der Waals surface area contributed by atoms with Crippen LogP contribution < -0.4 is 5.73 Å². The minimum atomic E-state index is -1.02. The van der Waals surface area contributed by atoms with E-state index in [1.165, 1.54) is 0 Å². The van der Waals surface area contributed by atoms with Crippen LogP contribution in [0.5, 0.6) is 0 Å². The van der Waals surface area contributed by atoms with Crippen LogP contribution in [0.2, 0.25) is 10.2 Å². The van der Waals surface area contributed by atoms with E-state index in [1.807, 2.05) is 11.0 Å². The number of nitrogens with zero attached hydrogens (tertiary/aromatic N) is 4. The zero-order chi connectivity index (χ0) is 23.7. The highest BCUT2D eigenvalue weighted by Gasteiger charge is 2.49. The predicted molar refractivity (Wildman–Crippen MR) is 122 cm³/mol. The van der Waals surface area contributed by atoms with Gasteiger partial charge < -0.3 is 20.3 Å². The van der Waals surface area contributed by atoms with Crippen molar-refractivity contribution in [3.8, 4) is 0 Å². The lowest BCUT2D eigenvalue weighted by atomic mass is 9.85. The van der Waals surface area contributed by atoms with Crippen molar-refractivity contribution < 1.29 is 14.5 Å². The number of carbonyl (C=O) groups is 1. The molecule has 2 aliphatic rings. The average Bonchev–Trinajstić information content (AvgIpc) is 3.19. The lowest BCUT2D eigenvalue weighted by Gasteiger charge is -2.33. The third kappa shape index (κ3) is 4.34. The Bertz CT molecular complexity index is 1150. The first-order valence-electron chi connectivity index (χ1n) is 10.3. The van der Waals surface area contributed by atoms with E-state index >= 15 is 0 Å². The van der Waals surface area contributed by atoms with Crippen molar-refractivity contribution in [1.82, 2.24) is 14.8 Å². The number of rotatable bonds is 6. The molecule has 3 heterocycles. The molecule has 11 heteroatoms. The fourth-order valence-corrected chi connectivity index (χ4v) is 4.41. The molecule has 1 atom stereocenters. The van der Waals surface area contributed by atoms with Gasteiger partial charge in [-0.1, -0.05) is 41.4 Å². The maximum atomic E-state index is 12.9. The largest absolute Gasteiger partial charge is 0.463 e. The van der Waals surface area contributed by atoms with Crippen LogP contribution in [-0.2, 0) is 16.1 Å². The number of nitro groups is 1. The molecule has 4 rings (SSSR count). The SMILES string of the molecule is CCOC(=O)C1=C(N)N2CCN(Cc3ccc(Cl)nc3)C2=C([N+](=O)[O-])C1c1ccc(Cl)cc1. The molecule has 0 aliphatic carbocycles. The van der Waals surface area contributed by atoms with E-state index in [-0.39, 0.29) is 23.7 Å². The van der Waals surface area contributed by atoms with Crippen LogP contribution in [0.15, 0.2) is 65.5 Å². The van der Waals surface area contributed by atoms with Crippen LogP contribution in [0.25, 0.3) is 0 Å². The molecule has 0 spiro atoms. The summed E-state index contributed by atoms with van der Waals surface area (Å²) in [6.07, 6.45) is 1.63. The molecule has 172 valence electrons. The number of fused-ring (bicyclic) bond motifs is 1. The molecule has 1 fully saturated rings. The van der Waals surface area contributed by atoms with Crippen LogP contribution in [0.1, 0.15) is 24.0 Å². The Morgan fingerprint density at radius 1 is 1.24 bits per heavy atom. The van der Waals surface area contributed by atoms with Crippen molar-refractivity contribution in [2.75, 3.05) is 19.7 Å². The number of hydrogen-bond acceptors (Lipinski definition) is 8. The molecule has 9 nitrogen and oxygen atoms in total. The molecule has 0 amide bonds. The minimum absolute atomic E-state index is 0.0460. The van der Waals surface area contributed by atoms with E-state index in [1.54, 1.807) is 48.4 Å². The van der Waals surface area contributed by atoms with Gasteiger partial charge in [0.15, 0.2) is 5.82 Å². The van der Waals surface area contributed by atoms with Crippen LogP contribution in [0, 0.1) is 10.1 Å². The van der Waals surface area contributed by atoms with Gasteiger partial charge in [-0.3, -0.25) is 10.1 Å². The first kappa shape index (κ1) is 22.9. The van der Waals surface area contributed by atoms with Gasteiger partial charge in [-0.05, 0) is 36.2 Å². The van der Waals surface area contributed by atoms with Gasteiger partial charge in [0.2, 0.25) is 0 Å². The number of carbonyl (C=O) groups excluding carboxylic acids is 1. The van der Waals surface area contributed by atoms with E-state index in [2.05, 4.69) is 4.98 Å². The summed E-state index contributed by atoms with van der Waals surface area (Å²) in [5.41, 5.74) is 7.71. The molecule has 0 radical (unpaired) electrons. The Morgan fingerprint density at radius 3 is 2.58 bits per heavy atom. The molecule has 1 saturated heterocycles. The van der Waals surface area contributed by atoms with Gasteiger partial charge >= 0.3 is 5.97 Å². The van der Waals surface area contributed by atoms with Gasteiger partial charge in [0.05, 0.1) is 17.1 Å². The van der Waals surface area contributed by atoms with E-state index in [0.717, 1.165) is 5.56 Å². The first-order valence-corrected chi connectivity index (χ1v) is 11.0. The second kappa shape index (κ2) is 9.29. The maximum absolute atomic E-state index is 12.9. The van der Waals surface area contributed by atoms with Gasteiger partial charge in [0.25, 0.3) is 5.70 Å². The summed E-state index contributed by atoms with van der Waals surface area (Å²) in [5.74, 6) is -1.22. The highest BCUT2D eigenvalue weighted by atomic mass is 35.5. The summed E-state index contributed by atoms with van der Waals surface area (Å²) in [7, 11) is 0. The number of aromatic nitrogens is 1. The fourth-order valence-electron chi connectivity index (χ4n) is 4.17. The van der Waals surface area contributed by atoms with Crippen LogP contribution in [-0.4, -0.2) is 45.4 Å². The first-order chi connectivity index (χ1) is 15.8. The lowest BCUT2D eigenvalue weighted by molar-refractivity contribution is -0.432. The molecule has 1 aromatic carbocycles. The number of ether oxygens (including phenoxy) is 1. The zero-order valence-corrected chi connectivity index (χ0v) is 19.2. The molecule has 0 bridgehead atoms. The lowest BCUT2D eigenvalue weighted by Crippen LogP contribution is -2.39. The van der Waals surface area contributed by atoms with Crippen molar-refractivity contribution in [1.29, 1.82) is 0 Å². The van der Waals surface area contributed by atoms with Crippen LogP contribution >= 0.6 is 23.2 Å². The smallest absolute Gasteiger partial charge is 0.338 e. The van der Waals surface area contributed by atoms with Gasteiger partial charge in [0.1, 0.15) is 16.9 Å². The van der Waals surface area contributed by atoms with E-state index in [9.17, 15) is 14.9 Å². The number of nitrogens with two attached hydrogens (primary N) is 1. The number of allylic oxidation sites excluding steroid dienone is 1.